The van der Waals surface area contributed by atoms with Crippen LogP contribution in [0.2, 0.25) is 0 Å². The summed E-state index contributed by atoms with van der Waals surface area (Å²) in [6.45, 7) is 5.43. The zero-order valence-electron chi connectivity index (χ0n) is 8.73. The molecule has 0 aromatic rings. The highest BCUT2D eigenvalue weighted by Crippen LogP contribution is 2.57. The molecule has 2 saturated carbocycles. The minimum atomic E-state index is -0.134. The molecule has 0 radical (unpaired) electrons. The molecular formula is C12H14O3. The molecule has 0 aromatic carbocycles. The number of ether oxygens (including phenoxy) is 1. The van der Waals surface area contributed by atoms with Crippen LogP contribution in [0.15, 0.2) is 12.2 Å². The number of esters is 1. The normalized spacial score (nSPS) is 45.7. The van der Waals surface area contributed by atoms with Gasteiger partial charge in [-0.15, -0.1) is 0 Å². The molecule has 3 fully saturated rings. The molecule has 1 heterocycles. The van der Waals surface area contributed by atoms with Gasteiger partial charge in [-0.3, -0.25) is 9.59 Å². The van der Waals surface area contributed by atoms with Crippen molar-refractivity contribution in [2.24, 2.45) is 23.7 Å². The fraction of sp³-hybridized carbons (Fsp3) is 0.667. The zero-order valence-corrected chi connectivity index (χ0v) is 8.73. The highest BCUT2D eigenvalue weighted by atomic mass is 16.6. The van der Waals surface area contributed by atoms with Gasteiger partial charge in [-0.2, -0.15) is 0 Å². The van der Waals surface area contributed by atoms with E-state index in [1.807, 2.05) is 0 Å². The van der Waals surface area contributed by atoms with E-state index in [0.717, 1.165) is 12.8 Å². The van der Waals surface area contributed by atoms with E-state index >= 15 is 0 Å². The molecule has 5 unspecified atom stereocenters. The number of allylic oxidation sites excluding steroid dienone is 1. The number of carbonyl (C=O) groups is 2. The number of carbonyl (C=O) groups excluding carboxylic acids is 2. The topological polar surface area (TPSA) is 43.4 Å². The van der Waals surface area contributed by atoms with Gasteiger partial charge in [0.2, 0.25) is 0 Å². The molecule has 5 atom stereocenters. The number of fused-ring (bicyclic) bond motifs is 1. The van der Waals surface area contributed by atoms with Crippen LogP contribution in [-0.2, 0) is 14.3 Å². The molecular weight excluding hydrogens is 192 g/mol. The maximum Gasteiger partial charge on any atom is 0.309 e. The van der Waals surface area contributed by atoms with Crippen LogP contribution in [0.4, 0.5) is 0 Å². The summed E-state index contributed by atoms with van der Waals surface area (Å²) in [7, 11) is 0. The molecule has 0 spiro atoms. The number of hydrogen-bond acceptors (Lipinski definition) is 3. The Balaban J connectivity index is 1.93. The lowest BCUT2D eigenvalue weighted by molar-refractivity contribution is -0.145. The molecule has 3 heteroatoms. The van der Waals surface area contributed by atoms with Crippen LogP contribution in [-0.4, -0.2) is 17.9 Å². The predicted octanol–water partition coefficient (Wildman–Crippen LogP) is 1.33. The monoisotopic (exact) mass is 206 g/mol. The first-order valence-corrected chi connectivity index (χ1v) is 5.50. The van der Waals surface area contributed by atoms with Crippen molar-refractivity contribution in [3.8, 4) is 0 Å². The Morgan fingerprint density at radius 2 is 2.20 bits per heavy atom. The van der Waals surface area contributed by atoms with Crippen molar-refractivity contribution in [3.05, 3.63) is 12.2 Å². The average molecular weight is 206 g/mol. The van der Waals surface area contributed by atoms with Gasteiger partial charge in [-0.1, -0.05) is 6.58 Å². The first-order chi connectivity index (χ1) is 7.09. The average Bonchev–Trinajstić information content (AvgIpc) is 2.76. The fourth-order valence-electron chi connectivity index (χ4n) is 3.60. The summed E-state index contributed by atoms with van der Waals surface area (Å²) in [5, 5.41) is 0. The standard InChI is InChI=1S/C12H14O3/c1-5(2)10(13)9-6-3-7-8(4-6)12(14)15-11(7)9/h6-9,11H,1,3-4H2,2H3. The van der Waals surface area contributed by atoms with Gasteiger partial charge in [0.25, 0.3) is 0 Å². The molecule has 3 aliphatic rings. The van der Waals surface area contributed by atoms with Crippen molar-refractivity contribution < 1.29 is 14.3 Å². The maximum atomic E-state index is 11.9. The Hall–Kier alpha value is -1.12. The summed E-state index contributed by atoms with van der Waals surface area (Å²) in [4.78, 5) is 23.4. The molecule has 0 N–H and O–H groups in total. The molecule has 0 aromatic heterocycles. The van der Waals surface area contributed by atoms with Gasteiger partial charge in [0.05, 0.1) is 11.8 Å². The molecule has 1 saturated heterocycles. The summed E-state index contributed by atoms with van der Waals surface area (Å²) >= 11 is 0. The first-order valence-electron chi connectivity index (χ1n) is 5.50. The number of Topliss-reactive ketones (excluding diaryl/α,β-unsaturated/α-hetero) is 1. The van der Waals surface area contributed by atoms with Gasteiger partial charge in [0.15, 0.2) is 5.78 Å². The molecule has 2 bridgehead atoms. The van der Waals surface area contributed by atoms with Crippen molar-refractivity contribution in [2.75, 3.05) is 0 Å². The molecule has 0 amide bonds. The van der Waals surface area contributed by atoms with Gasteiger partial charge in [-0.05, 0) is 31.3 Å². The van der Waals surface area contributed by atoms with Gasteiger partial charge in [0, 0.05) is 5.92 Å². The van der Waals surface area contributed by atoms with Gasteiger partial charge in [-0.25, -0.2) is 0 Å². The number of hydrogen-bond donors (Lipinski definition) is 0. The molecule has 3 rings (SSSR count). The lowest BCUT2D eigenvalue weighted by atomic mass is 9.79. The van der Waals surface area contributed by atoms with Crippen molar-refractivity contribution in [1.29, 1.82) is 0 Å². The fourth-order valence-corrected chi connectivity index (χ4v) is 3.60. The van der Waals surface area contributed by atoms with Crippen LogP contribution in [0.25, 0.3) is 0 Å². The minimum Gasteiger partial charge on any atom is -0.461 e. The van der Waals surface area contributed by atoms with Crippen molar-refractivity contribution in [1.82, 2.24) is 0 Å². The zero-order chi connectivity index (χ0) is 10.7. The number of rotatable bonds is 2. The third kappa shape index (κ3) is 1.01. The third-order valence-electron chi connectivity index (χ3n) is 4.21. The summed E-state index contributed by atoms with van der Waals surface area (Å²) in [6.07, 6.45) is 1.71. The first kappa shape index (κ1) is 9.13. The van der Waals surface area contributed by atoms with E-state index in [4.69, 9.17) is 4.74 Å². The van der Waals surface area contributed by atoms with Gasteiger partial charge in [0.1, 0.15) is 6.10 Å². The van der Waals surface area contributed by atoms with Gasteiger partial charge >= 0.3 is 5.97 Å². The van der Waals surface area contributed by atoms with E-state index in [9.17, 15) is 9.59 Å². The summed E-state index contributed by atoms with van der Waals surface area (Å²) in [5.41, 5.74) is 0.590. The van der Waals surface area contributed by atoms with Crippen LogP contribution in [0.5, 0.6) is 0 Å². The van der Waals surface area contributed by atoms with E-state index in [1.165, 1.54) is 0 Å². The van der Waals surface area contributed by atoms with Crippen molar-refractivity contribution >= 4 is 11.8 Å². The van der Waals surface area contributed by atoms with Crippen LogP contribution in [0, 0.1) is 23.7 Å². The van der Waals surface area contributed by atoms with Crippen LogP contribution in [0.3, 0.4) is 0 Å². The van der Waals surface area contributed by atoms with E-state index in [0.29, 0.717) is 17.4 Å². The Morgan fingerprint density at radius 1 is 1.47 bits per heavy atom. The predicted molar refractivity (Wildman–Crippen MR) is 52.9 cm³/mol. The van der Waals surface area contributed by atoms with Crippen LogP contribution in [0.1, 0.15) is 19.8 Å². The van der Waals surface area contributed by atoms with Crippen molar-refractivity contribution in [2.45, 2.75) is 25.9 Å². The Bertz CT molecular complexity index is 371. The highest BCUT2D eigenvalue weighted by molar-refractivity contribution is 5.98. The maximum absolute atomic E-state index is 11.9. The van der Waals surface area contributed by atoms with E-state index in [1.54, 1.807) is 6.92 Å². The van der Waals surface area contributed by atoms with Gasteiger partial charge < -0.3 is 4.74 Å². The Labute approximate surface area is 88.5 Å². The summed E-state index contributed by atoms with van der Waals surface area (Å²) < 4.78 is 5.32. The lowest BCUT2D eigenvalue weighted by Gasteiger charge is -2.23. The second kappa shape index (κ2) is 2.71. The van der Waals surface area contributed by atoms with Crippen LogP contribution < -0.4 is 0 Å². The van der Waals surface area contributed by atoms with Crippen molar-refractivity contribution in [3.63, 3.8) is 0 Å². The molecule has 15 heavy (non-hydrogen) atoms. The second-order valence-corrected chi connectivity index (χ2v) is 5.07. The highest BCUT2D eigenvalue weighted by Gasteiger charge is 2.63. The minimum absolute atomic E-state index is 0.0792. The summed E-state index contributed by atoms with van der Waals surface area (Å²) in [5.74, 6) is 0.700. The lowest BCUT2D eigenvalue weighted by Crippen LogP contribution is -2.33. The quantitative estimate of drug-likeness (QED) is 0.505. The summed E-state index contributed by atoms with van der Waals surface area (Å²) in [6, 6.07) is 0. The largest absolute Gasteiger partial charge is 0.461 e. The SMILES string of the molecule is C=C(C)C(=O)C1C2CC3C(=O)OC1C3C2. The molecule has 3 nitrogen and oxygen atoms in total. The third-order valence-corrected chi connectivity index (χ3v) is 4.21. The second-order valence-electron chi connectivity index (χ2n) is 5.07. The molecule has 1 aliphatic heterocycles. The molecule has 80 valence electrons. The molecule has 2 aliphatic carbocycles. The smallest absolute Gasteiger partial charge is 0.309 e. The van der Waals surface area contributed by atoms with Crippen LogP contribution >= 0.6 is 0 Å². The van der Waals surface area contributed by atoms with E-state index in [-0.39, 0.29) is 29.7 Å². The Kier molecular flexibility index (Phi) is 1.65. The number of ketones is 1. The Morgan fingerprint density at radius 3 is 2.87 bits per heavy atom. The van der Waals surface area contributed by atoms with E-state index in [2.05, 4.69) is 6.58 Å². The van der Waals surface area contributed by atoms with E-state index < -0.39 is 0 Å².